The molecular formula is C17H24BrN3O3S. The molecule has 1 heterocycles. The van der Waals surface area contributed by atoms with Gasteiger partial charge in [-0.1, -0.05) is 29.8 Å². The Bertz CT molecular complexity index is 768. The first-order valence-electron chi connectivity index (χ1n) is 7.54. The minimum Gasteiger partial charge on any atom is -0.465 e. The molecule has 6 nitrogen and oxygen atoms in total. The van der Waals surface area contributed by atoms with Crippen molar-refractivity contribution in [3.8, 4) is 5.69 Å². The number of esters is 1. The molecule has 0 aliphatic rings. The van der Waals surface area contributed by atoms with Gasteiger partial charge in [0.05, 0.1) is 12.8 Å². The largest absolute Gasteiger partial charge is 0.465 e. The third-order valence-electron chi connectivity index (χ3n) is 3.09. The molecule has 0 fully saturated rings. The first-order chi connectivity index (χ1) is 11.9. The van der Waals surface area contributed by atoms with Crippen molar-refractivity contribution in [1.29, 1.82) is 0 Å². The van der Waals surface area contributed by atoms with Crippen LogP contribution in [0.5, 0.6) is 0 Å². The number of hydrogen-bond acceptors (Lipinski definition) is 6. The number of nitrogens with two attached hydrogens (primary N) is 1. The van der Waals surface area contributed by atoms with Gasteiger partial charge in [0.25, 0.3) is 5.56 Å². The molecule has 0 radical (unpaired) electrons. The second-order valence-electron chi connectivity index (χ2n) is 4.56. The summed E-state index contributed by atoms with van der Waals surface area (Å²) in [5.74, 6) is -0.942. The highest BCUT2D eigenvalue weighted by Gasteiger charge is 2.20. The molecule has 0 spiro atoms. The molecule has 0 aliphatic heterocycles. The second kappa shape index (κ2) is 10.9. The van der Waals surface area contributed by atoms with Crippen molar-refractivity contribution in [1.82, 2.24) is 9.55 Å². The van der Waals surface area contributed by atoms with E-state index < -0.39 is 11.5 Å². The smallest absolute Gasteiger partial charge is 0.347 e. The van der Waals surface area contributed by atoms with Crippen molar-refractivity contribution < 1.29 is 9.53 Å². The van der Waals surface area contributed by atoms with Crippen LogP contribution in [0.4, 0.5) is 5.82 Å². The molecule has 0 atom stereocenters. The Balaban J connectivity index is 0.00000134. The standard InChI is InChI=1S/C14H14BrN3O3.C2H6.CH4S/c1-7-4-9(15)5-8(2)11(7)18-6-17-12(16)10(13(18)19)14(20)21-3;2*1-2/h4-6H,16H2,1-3H3;1-2H3;2H,1H3. The minimum atomic E-state index is -0.799. The first-order valence-corrected chi connectivity index (χ1v) is 9.22. The van der Waals surface area contributed by atoms with E-state index in [1.165, 1.54) is 18.0 Å². The predicted molar refractivity (Wildman–Crippen MR) is 109 cm³/mol. The predicted octanol–water partition coefficient (Wildman–Crippen LogP) is 3.55. The first kappa shape index (κ1) is 23.2. The summed E-state index contributed by atoms with van der Waals surface area (Å²) in [6.45, 7) is 7.74. The number of aromatic nitrogens is 2. The van der Waals surface area contributed by atoms with E-state index >= 15 is 0 Å². The van der Waals surface area contributed by atoms with Crippen LogP contribution in [0, 0.1) is 13.8 Å². The van der Waals surface area contributed by atoms with E-state index in [0.29, 0.717) is 5.69 Å². The molecule has 1 aromatic heterocycles. The number of hydrogen-bond donors (Lipinski definition) is 2. The van der Waals surface area contributed by atoms with Gasteiger partial charge < -0.3 is 10.5 Å². The number of benzene rings is 1. The van der Waals surface area contributed by atoms with Crippen LogP contribution in [-0.2, 0) is 4.74 Å². The summed E-state index contributed by atoms with van der Waals surface area (Å²) in [6, 6.07) is 3.76. The molecule has 0 amide bonds. The molecule has 0 bridgehead atoms. The third kappa shape index (κ3) is 5.34. The zero-order valence-corrected chi connectivity index (χ0v) is 17.7. The van der Waals surface area contributed by atoms with Crippen LogP contribution in [0.1, 0.15) is 35.3 Å². The third-order valence-corrected chi connectivity index (χ3v) is 3.55. The molecule has 2 aromatic rings. The van der Waals surface area contributed by atoms with E-state index in [4.69, 9.17) is 5.73 Å². The van der Waals surface area contributed by atoms with E-state index in [1.54, 1.807) is 6.26 Å². The zero-order chi connectivity index (χ0) is 19.7. The number of halogens is 1. The van der Waals surface area contributed by atoms with Gasteiger partial charge in [-0.3, -0.25) is 9.36 Å². The van der Waals surface area contributed by atoms with Crippen LogP contribution in [0.15, 0.2) is 27.7 Å². The summed E-state index contributed by atoms with van der Waals surface area (Å²) in [7, 11) is 1.19. The summed E-state index contributed by atoms with van der Waals surface area (Å²) < 4.78 is 6.80. The van der Waals surface area contributed by atoms with Gasteiger partial charge in [-0.2, -0.15) is 12.6 Å². The van der Waals surface area contributed by atoms with Crippen molar-refractivity contribution in [3.63, 3.8) is 0 Å². The average Bonchev–Trinajstić information content (AvgIpc) is 2.59. The number of aryl methyl sites for hydroxylation is 2. The Morgan fingerprint density at radius 1 is 1.24 bits per heavy atom. The molecule has 0 unspecified atom stereocenters. The summed E-state index contributed by atoms with van der Waals surface area (Å²) in [5.41, 5.74) is 7.20. The summed E-state index contributed by atoms with van der Waals surface area (Å²) in [4.78, 5) is 28.1. The number of carbonyl (C=O) groups is 1. The second-order valence-corrected chi connectivity index (χ2v) is 5.48. The van der Waals surface area contributed by atoms with E-state index in [9.17, 15) is 9.59 Å². The highest BCUT2D eigenvalue weighted by molar-refractivity contribution is 9.10. The van der Waals surface area contributed by atoms with Crippen LogP contribution in [0.25, 0.3) is 5.69 Å². The topological polar surface area (TPSA) is 87.2 Å². The van der Waals surface area contributed by atoms with E-state index in [1.807, 2.05) is 39.8 Å². The number of ether oxygens (including phenoxy) is 1. The Morgan fingerprint density at radius 2 is 1.72 bits per heavy atom. The number of nitrogens with zero attached hydrogens (tertiary/aromatic N) is 2. The number of anilines is 1. The van der Waals surface area contributed by atoms with Crippen molar-refractivity contribution in [2.75, 3.05) is 19.1 Å². The molecule has 1 aromatic carbocycles. The Labute approximate surface area is 162 Å². The van der Waals surface area contributed by atoms with Gasteiger partial charge in [-0.15, -0.1) is 0 Å². The van der Waals surface area contributed by atoms with Crippen molar-refractivity contribution in [2.45, 2.75) is 27.7 Å². The highest BCUT2D eigenvalue weighted by atomic mass is 79.9. The van der Waals surface area contributed by atoms with Gasteiger partial charge >= 0.3 is 5.97 Å². The maximum atomic E-state index is 12.5. The highest BCUT2D eigenvalue weighted by Crippen LogP contribution is 2.23. The van der Waals surface area contributed by atoms with Crippen LogP contribution in [-0.4, -0.2) is 28.9 Å². The fourth-order valence-corrected chi connectivity index (χ4v) is 2.89. The Hall–Kier alpha value is -1.80. The number of thiol groups is 1. The van der Waals surface area contributed by atoms with Gasteiger partial charge in [0.1, 0.15) is 12.1 Å². The SMILES string of the molecule is CC.COC(=O)c1c(N)ncn(-c2c(C)cc(Br)cc2C)c1=O.CS. The number of nitrogen functional groups attached to an aromatic ring is 1. The molecule has 0 saturated heterocycles. The van der Waals surface area contributed by atoms with Crippen LogP contribution in [0.3, 0.4) is 0 Å². The van der Waals surface area contributed by atoms with E-state index in [2.05, 4.69) is 38.3 Å². The molecule has 0 aliphatic carbocycles. The molecule has 2 N–H and O–H groups in total. The molecule has 2 rings (SSSR count). The minimum absolute atomic E-state index is 0.143. The summed E-state index contributed by atoms with van der Waals surface area (Å²) >= 11 is 6.93. The Morgan fingerprint density at radius 3 is 2.16 bits per heavy atom. The van der Waals surface area contributed by atoms with Gasteiger partial charge in [0, 0.05) is 4.47 Å². The molecule has 138 valence electrons. The van der Waals surface area contributed by atoms with E-state index in [0.717, 1.165) is 15.6 Å². The summed E-state index contributed by atoms with van der Waals surface area (Å²) in [5, 5.41) is 0. The molecule has 8 heteroatoms. The fraction of sp³-hybridized carbons (Fsp3) is 0.353. The fourth-order valence-electron chi connectivity index (χ4n) is 2.20. The lowest BCUT2D eigenvalue weighted by Gasteiger charge is -2.14. The quantitative estimate of drug-likeness (QED) is 0.562. The van der Waals surface area contributed by atoms with Crippen LogP contribution < -0.4 is 11.3 Å². The van der Waals surface area contributed by atoms with Gasteiger partial charge in [0.15, 0.2) is 5.56 Å². The lowest BCUT2D eigenvalue weighted by Crippen LogP contribution is -2.29. The van der Waals surface area contributed by atoms with Gasteiger partial charge in [-0.05, 0) is 43.4 Å². The van der Waals surface area contributed by atoms with E-state index in [-0.39, 0.29) is 11.4 Å². The zero-order valence-electron chi connectivity index (χ0n) is 15.3. The van der Waals surface area contributed by atoms with Gasteiger partial charge in [0.2, 0.25) is 0 Å². The average molecular weight is 430 g/mol. The van der Waals surface area contributed by atoms with Crippen LogP contribution in [0.2, 0.25) is 0 Å². The maximum absolute atomic E-state index is 12.5. The molecule has 25 heavy (non-hydrogen) atoms. The lowest BCUT2D eigenvalue weighted by atomic mass is 10.1. The molecular weight excluding hydrogens is 406 g/mol. The van der Waals surface area contributed by atoms with Crippen molar-refractivity contribution >= 4 is 40.3 Å². The molecule has 0 saturated carbocycles. The lowest BCUT2D eigenvalue weighted by molar-refractivity contribution is 0.0599. The van der Waals surface area contributed by atoms with Crippen molar-refractivity contribution in [2.24, 2.45) is 0 Å². The van der Waals surface area contributed by atoms with Crippen LogP contribution >= 0.6 is 28.6 Å². The summed E-state index contributed by atoms with van der Waals surface area (Å²) in [6.07, 6.45) is 3.01. The van der Waals surface area contributed by atoms with Crippen molar-refractivity contribution in [3.05, 3.63) is 50.0 Å². The number of methoxy groups -OCH3 is 1. The monoisotopic (exact) mass is 429 g/mol. The van der Waals surface area contributed by atoms with Gasteiger partial charge in [-0.25, -0.2) is 9.78 Å². The normalized spacial score (nSPS) is 9.28. The number of rotatable bonds is 2. The Kier molecular flexibility index (Phi) is 10.2. The number of carbonyl (C=O) groups excluding carboxylic acids is 1. The maximum Gasteiger partial charge on any atom is 0.347 e.